The zero-order valence-corrected chi connectivity index (χ0v) is 9.41. The maximum absolute atomic E-state index is 5.59. The number of alkyl halides is 1. The fraction of sp³-hybridized carbons (Fsp3) is 0.250. The fourth-order valence-corrected chi connectivity index (χ4v) is 1.80. The maximum Gasteiger partial charge on any atom is 0.107 e. The molecule has 0 saturated heterocycles. The topological polar surface area (TPSA) is 17.8 Å². The lowest BCUT2D eigenvalue weighted by Crippen LogP contribution is -1.97. The minimum atomic E-state index is 0.561. The Morgan fingerprint density at radius 2 is 2.13 bits per heavy atom. The summed E-state index contributed by atoms with van der Waals surface area (Å²) < 4.78 is 2.18. The summed E-state index contributed by atoms with van der Waals surface area (Å²) in [5.41, 5.74) is 2.23. The van der Waals surface area contributed by atoms with Gasteiger partial charge < -0.3 is 4.57 Å². The molecule has 0 spiro atoms. The minimum Gasteiger partial charge on any atom is -0.324 e. The first-order valence-electron chi connectivity index (χ1n) is 4.96. The van der Waals surface area contributed by atoms with Gasteiger partial charge in [0, 0.05) is 12.4 Å². The van der Waals surface area contributed by atoms with Gasteiger partial charge in [0.15, 0.2) is 0 Å². The molecule has 0 aliphatic carbocycles. The molecule has 78 valence electrons. The number of allylic oxidation sites excluding steroid dienone is 2. The summed E-state index contributed by atoms with van der Waals surface area (Å²) in [7, 11) is 0. The molecule has 15 heavy (non-hydrogen) atoms. The fourth-order valence-electron chi connectivity index (χ4n) is 1.67. The number of imidazole rings is 1. The van der Waals surface area contributed by atoms with E-state index in [1.165, 1.54) is 5.52 Å². The second kappa shape index (κ2) is 4.49. The van der Waals surface area contributed by atoms with E-state index in [2.05, 4.69) is 21.7 Å². The highest BCUT2D eigenvalue weighted by Crippen LogP contribution is 2.15. The number of hydrogen-bond donors (Lipinski definition) is 0. The normalized spacial score (nSPS) is 11.6. The van der Waals surface area contributed by atoms with E-state index in [4.69, 9.17) is 11.6 Å². The summed E-state index contributed by atoms with van der Waals surface area (Å²) in [6.45, 7) is 2.85. The van der Waals surface area contributed by atoms with Crippen LogP contribution in [-0.4, -0.2) is 15.4 Å². The molecule has 1 heterocycles. The van der Waals surface area contributed by atoms with Gasteiger partial charge >= 0.3 is 0 Å². The number of fused-ring (bicyclic) bond motifs is 1. The minimum absolute atomic E-state index is 0.561. The summed E-state index contributed by atoms with van der Waals surface area (Å²) in [5.74, 6) is 1.60. The van der Waals surface area contributed by atoms with Crippen LogP contribution in [0, 0.1) is 6.92 Å². The molecule has 0 unspecified atom stereocenters. The van der Waals surface area contributed by atoms with Gasteiger partial charge in [0.25, 0.3) is 0 Å². The van der Waals surface area contributed by atoms with Gasteiger partial charge in [0.1, 0.15) is 5.82 Å². The van der Waals surface area contributed by atoms with Crippen molar-refractivity contribution in [3.8, 4) is 0 Å². The third-order valence-corrected chi connectivity index (χ3v) is 2.57. The summed E-state index contributed by atoms with van der Waals surface area (Å²) in [5, 5.41) is 0. The van der Waals surface area contributed by atoms with E-state index in [1.54, 1.807) is 0 Å². The Hall–Kier alpha value is -1.28. The predicted octanol–water partition coefficient (Wildman–Crippen LogP) is 3.14. The van der Waals surface area contributed by atoms with Crippen LogP contribution in [-0.2, 0) is 6.54 Å². The molecule has 0 N–H and O–H groups in total. The van der Waals surface area contributed by atoms with Crippen LogP contribution in [0.2, 0.25) is 0 Å². The van der Waals surface area contributed by atoms with Gasteiger partial charge in [-0.15, -0.1) is 11.6 Å². The van der Waals surface area contributed by atoms with Crippen LogP contribution in [0.1, 0.15) is 5.82 Å². The Balaban J connectivity index is 2.40. The van der Waals surface area contributed by atoms with Crippen LogP contribution < -0.4 is 0 Å². The third-order valence-electron chi connectivity index (χ3n) is 2.39. The average Bonchev–Trinajstić information content (AvgIpc) is 2.56. The molecule has 1 aromatic heterocycles. The molecule has 2 rings (SSSR count). The Labute approximate surface area is 94.2 Å². The molecular formula is C12H13ClN2. The number of halogens is 1. The first-order valence-corrected chi connectivity index (χ1v) is 5.49. The molecule has 2 nitrogen and oxygen atoms in total. The highest BCUT2D eigenvalue weighted by atomic mass is 35.5. The molecule has 0 saturated carbocycles. The number of nitrogens with zero attached hydrogens (tertiary/aromatic N) is 2. The average molecular weight is 221 g/mol. The lowest BCUT2D eigenvalue weighted by Gasteiger charge is -2.01. The van der Waals surface area contributed by atoms with Crippen molar-refractivity contribution in [3.63, 3.8) is 0 Å². The van der Waals surface area contributed by atoms with Gasteiger partial charge in [-0.25, -0.2) is 4.98 Å². The zero-order chi connectivity index (χ0) is 10.7. The van der Waals surface area contributed by atoms with Gasteiger partial charge in [-0.05, 0) is 19.1 Å². The van der Waals surface area contributed by atoms with Crippen LogP contribution in [0.5, 0.6) is 0 Å². The molecular weight excluding hydrogens is 208 g/mol. The van der Waals surface area contributed by atoms with E-state index in [0.29, 0.717) is 5.88 Å². The smallest absolute Gasteiger partial charge is 0.107 e. The number of aromatic nitrogens is 2. The first kappa shape index (κ1) is 10.2. The summed E-state index contributed by atoms with van der Waals surface area (Å²) in [6.07, 6.45) is 4.02. The predicted molar refractivity (Wildman–Crippen MR) is 64.3 cm³/mol. The Bertz CT molecular complexity index is 485. The molecule has 2 aromatic rings. The second-order valence-electron chi connectivity index (χ2n) is 3.38. The van der Waals surface area contributed by atoms with Crippen LogP contribution in [0.15, 0.2) is 36.4 Å². The van der Waals surface area contributed by atoms with Crippen molar-refractivity contribution >= 4 is 22.6 Å². The van der Waals surface area contributed by atoms with E-state index in [-0.39, 0.29) is 0 Å². The Kier molecular flexibility index (Phi) is 3.07. The van der Waals surface area contributed by atoms with Crippen molar-refractivity contribution in [1.82, 2.24) is 9.55 Å². The Morgan fingerprint density at radius 1 is 1.33 bits per heavy atom. The van der Waals surface area contributed by atoms with E-state index < -0.39 is 0 Å². The number of rotatable bonds is 3. The van der Waals surface area contributed by atoms with Gasteiger partial charge in [0.05, 0.1) is 11.0 Å². The molecule has 0 radical (unpaired) electrons. The number of hydrogen-bond acceptors (Lipinski definition) is 1. The molecule has 0 bridgehead atoms. The highest BCUT2D eigenvalue weighted by Gasteiger charge is 2.03. The van der Waals surface area contributed by atoms with Gasteiger partial charge in [0.2, 0.25) is 0 Å². The van der Waals surface area contributed by atoms with E-state index in [0.717, 1.165) is 17.9 Å². The van der Waals surface area contributed by atoms with E-state index in [1.807, 2.05) is 31.2 Å². The van der Waals surface area contributed by atoms with Crippen LogP contribution >= 0.6 is 11.6 Å². The monoisotopic (exact) mass is 220 g/mol. The van der Waals surface area contributed by atoms with Gasteiger partial charge in [-0.2, -0.15) is 0 Å². The lowest BCUT2D eigenvalue weighted by molar-refractivity contribution is 0.805. The summed E-state index contributed by atoms with van der Waals surface area (Å²) >= 11 is 5.59. The molecule has 0 fully saturated rings. The lowest BCUT2D eigenvalue weighted by atomic mass is 10.3. The molecule has 0 aliphatic rings. The largest absolute Gasteiger partial charge is 0.324 e. The molecule has 1 aromatic carbocycles. The van der Waals surface area contributed by atoms with E-state index in [9.17, 15) is 0 Å². The quantitative estimate of drug-likeness (QED) is 0.574. The third kappa shape index (κ3) is 2.05. The van der Waals surface area contributed by atoms with Crippen LogP contribution in [0.25, 0.3) is 11.0 Å². The molecule has 0 atom stereocenters. The number of para-hydroxylation sites is 2. The van der Waals surface area contributed by atoms with Gasteiger partial charge in [-0.1, -0.05) is 24.3 Å². The van der Waals surface area contributed by atoms with Crippen molar-refractivity contribution in [2.24, 2.45) is 0 Å². The first-order chi connectivity index (χ1) is 7.33. The van der Waals surface area contributed by atoms with Crippen molar-refractivity contribution in [2.45, 2.75) is 13.5 Å². The number of aryl methyl sites for hydroxylation is 1. The SMILES string of the molecule is Cc1nc2ccccc2n1CC=CCCl. The van der Waals surface area contributed by atoms with Crippen LogP contribution in [0.4, 0.5) is 0 Å². The van der Waals surface area contributed by atoms with Gasteiger partial charge in [-0.3, -0.25) is 0 Å². The Morgan fingerprint density at radius 3 is 2.93 bits per heavy atom. The maximum atomic E-state index is 5.59. The van der Waals surface area contributed by atoms with Crippen molar-refractivity contribution in [2.75, 3.05) is 5.88 Å². The highest BCUT2D eigenvalue weighted by molar-refractivity contribution is 6.18. The second-order valence-corrected chi connectivity index (χ2v) is 3.69. The summed E-state index contributed by atoms with van der Waals surface area (Å²) in [4.78, 5) is 4.49. The van der Waals surface area contributed by atoms with Crippen molar-refractivity contribution in [1.29, 1.82) is 0 Å². The number of benzene rings is 1. The standard InChI is InChI=1S/C12H13ClN2/c1-10-14-11-6-2-3-7-12(11)15(10)9-5-4-8-13/h2-7H,8-9H2,1H3. The zero-order valence-electron chi connectivity index (χ0n) is 8.65. The molecule has 3 heteroatoms. The molecule has 0 aliphatic heterocycles. The van der Waals surface area contributed by atoms with E-state index >= 15 is 0 Å². The summed E-state index contributed by atoms with van der Waals surface area (Å²) in [6, 6.07) is 8.16. The van der Waals surface area contributed by atoms with Crippen LogP contribution in [0.3, 0.4) is 0 Å². The van der Waals surface area contributed by atoms with Crippen molar-refractivity contribution < 1.29 is 0 Å². The van der Waals surface area contributed by atoms with Crippen molar-refractivity contribution in [3.05, 3.63) is 42.2 Å². The molecule has 0 amide bonds.